The van der Waals surface area contributed by atoms with Gasteiger partial charge in [-0.2, -0.15) is 0 Å². The van der Waals surface area contributed by atoms with Crippen molar-refractivity contribution in [3.63, 3.8) is 0 Å². The van der Waals surface area contributed by atoms with Gasteiger partial charge in [-0.25, -0.2) is 0 Å². The SMILES string of the molecule is O=C(O)CCSC1=CC(=O)C(NC(=O)COc2ccc(OCc3ccccc3)cc2)=CC1=O. The lowest BCUT2D eigenvalue weighted by Crippen LogP contribution is -2.33. The molecule has 170 valence electrons. The van der Waals surface area contributed by atoms with Crippen LogP contribution in [0.5, 0.6) is 11.5 Å². The van der Waals surface area contributed by atoms with Gasteiger partial charge in [0.2, 0.25) is 5.78 Å². The fraction of sp³-hybridized carbons (Fsp3) is 0.167. The first kappa shape index (κ1) is 23.8. The highest BCUT2D eigenvalue weighted by Crippen LogP contribution is 2.23. The van der Waals surface area contributed by atoms with E-state index in [0.29, 0.717) is 18.1 Å². The number of nitrogens with one attached hydrogen (secondary N) is 1. The zero-order valence-electron chi connectivity index (χ0n) is 17.5. The number of benzene rings is 2. The van der Waals surface area contributed by atoms with Gasteiger partial charge in [-0.05, 0) is 29.8 Å². The van der Waals surface area contributed by atoms with Crippen LogP contribution in [0.1, 0.15) is 12.0 Å². The Morgan fingerprint density at radius 1 is 0.879 bits per heavy atom. The molecule has 3 rings (SSSR count). The van der Waals surface area contributed by atoms with Crippen LogP contribution in [0.3, 0.4) is 0 Å². The number of ether oxygens (including phenoxy) is 2. The molecular weight excluding hydrogens is 446 g/mol. The number of amides is 1. The van der Waals surface area contributed by atoms with Gasteiger partial charge in [0.05, 0.1) is 17.0 Å². The quantitative estimate of drug-likeness (QED) is 0.484. The van der Waals surface area contributed by atoms with Crippen molar-refractivity contribution >= 4 is 35.2 Å². The Bertz CT molecular complexity index is 1090. The van der Waals surface area contributed by atoms with E-state index in [0.717, 1.165) is 29.5 Å². The fourth-order valence-electron chi connectivity index (χ4n) is 2.71. The van der Waals surface area contributed by atoms with Crippen LogP contribution in [0.2, 0.25) is 0 Å². The molecule has 1 aliphatic carbocycles. The lowest BCUT2D eigenvalue weighted by molar-refractivity contribution is -0.136. The van der Waals surface area contributed by atoms with Crippen molar-refractivity contribution in [3.8, 4) is 11.5 Å². The number of hydrogen-bond acceptors (Lipinski definition) is 7. The van der Waals surface area contributed by atoms with E-state index in [-0.39, 0.29) is 29.4 Å². The lowest BCUT2D eigenvalue weighted by Gasteiger charge is -2.13. The summed E-state index contributed by atoms with van der Waals surface area (Å²) in [6.45, 7) is 0.0759. The molecule has 0 atom stereocenters. The van der Waals surface area contributed by atoms with Crippen molar-refractivity contribution < 1.29 is 33.8 Å². The summed E-state index contributed by atoms with van der Waals surface area (Å²) in [5.41, 5.74) is 0.890. The first-order valence-corrected chi connectivity index (χ1v) is 11.0. The second-order valence-electron chi connectivity index (χ2n) is 6.87. The van der Waals surface area contributed by atoms with E-state index < -0.39 is 23.4 Å². The molecule has 0 fully saturated rings. The Hall–Kier alpha value is -3.85. The van der Waals surface area contributed by atoms with Gasteiger partial charge >= 0.3 is 5.97 Å². The molecule has 0 aromatic heterocycles. The summed E-state index contributed by atoms with van der Waals surface area (Å²) in [6.07, 6.45) is 2.00. The Labute approximate surface area is 194 Å². The Kier molecular flexibility index (Phi) is 8.43. The Balaban J connectivity index is 1.44. The van der Waals surface area contributed by atoms with Gasteiger partial charge in [-0.3, -0.25) is 19.2 Å². The van der Waals surface area contributed by atoms with E-state index in [4.69, 9.17) is 14.6 Å². The van der Waals surface area contributed by atoms with Gasteiger partial charge in [-0.1, -0.05) is 30.3 Å². The van der Waals surface area contributed by atoms with Crippen LogP contribution in [0.25, 0.3) is 0 Å². The Morgan fingerprint density at radius 3 is 2.21 bits per heavy atom. The lowest BCUT2D eigenvalue weighted by atomic mass is 10.1. The molecule has 1 amide bonds. The number of carboxylic acid groups (broad SMARTS) is 1. The van der Waals surface area contributed by atoms with E-state index in [1.54, 1.807) is 24.3 Å². The molecule has 2 aromatic carbocycles. The average Bonchev–Trinajstić information content (AvgIpc) is 2.80. The average molecular weight is 467 g/mol. The van der Waals surface area contributed by atoms with Gasteiger partial charge in [0.1, 0.15) is 18.1 Å². The summed E-state index contributed by atoms with van der Waals surface area (Å²) in [7, 11) is 0. The smallest absolute Gasteiger partial charge is 0.304 e. The summed E-state index contributed by atoms with van der Waals surface area (Å²) in [5.74, 6) is -1.34. The molecule has 0 bridgehead atoms. The van der Waals surface area contributed by atoms with E-state index in [1.165, 1.54) is 0 Å². The maximum absolute atomic E-state index is 12.2. The number of aliphatic carboxylic acids is 1. The van der Waals surface area contributed by atoms with Crippen molar-refractivity contribution in [2.75, 3.05) is 12.4 Å². The number of ketones is 2. The minimum Gasteiger partial charge on any atom is -0.489 e. The van der Waals surface area contributed by atoms with Crippen molar-refractivity contribution in [2.45, 2.75) is 13.0 Å². The highest BCUT2D eigenvalue weighted by atomic mass is 32.2. The van der Waals surface area contributed by atoms with E-state index in [9.17, 15) is 19.2 Å². The monoisotopic (exact) mass is 467 g/mol. The maximum Gasteiger partial charge on any atom is 0.304 e. The largest absolute Gasteiger partial charge is 0.489 e. The number of allylic oxidation sites excluding steroid dienone is 3. The van der Waals surface area contributed by atoms with Gasteiger partial charge in [0.15, 0.2) is 12.4 Å². The zero-order valence-corrected chi connectivity index (χ0v) is 18.3. The number of carbonyl (C=O) groups is 4. The highest BCUT2D eigenvalue weighted by Gasteiger charge is 2.22. The molecule has 0 aliphatic heterocycles. The minimum absolute atomic E-state index is 0.131. The number of hydrogen-bond donors (Lipinski definition) is 2. The predicted molar refractivity (Wildman–Crippen MR) is 122 cm³/mol. The first-order chi connectivity index (χ1) is 15.9. The molecule has 2 N–H and O–H groups in total. The van der Waals surface area contributed by atoms with Crippen molar-refractivity contribution in [3.05, 3.63) is 82.9 Å². The molecule has 0 unspecified atom stereocenters. The number of rotatable bonds is 11. The number of carbonyl (C=O) groups excluding carboxylic acids is 3. The zero-order chi connectivity index (χ0) is 23.6. The molecule has 0 spiro atoms. The van der Waals surface area contributed by atoms with Crippen molar-refractivity contribution in [1.82, 2.24) is 5.32 Å². The van der Waals surface area contributed by atoms with Gasteiger partial charge < -0.3 is 19.9 Å². The molecule has 8 nitrogen and oxygen atoms in total. The van der Waals surface area contributed by atoms with Crippen LogP contribution >= 0.6 is 11.8 Å². The van der Waals surface area contributed by atoms with Gasteiger partial charge in [0.25, 0.3) is 5.91 Å². The van der Waals surface area contributed by atoms with Crippen LogP contribution in [0.4, 0.5) is 0 Å². The molecule has 9 heteroatoms. The van der Waals surface area contributed by atoms with Crippen molar-refractivity contribution in [1.29, 1.82) is 0 Å². The molecule has 0 radical (unpaired) electrons. The summed E-state index contributed by atoms with van der Waals surface area (Å²) in [6, 6.07) is 16.5. The summed E-state index contributed by atoms with van der Waals surface area (Å²) in [5, 5.41) is 11.0. The third-order valence-corrected chi connectivity index (χ3v) is 5.37. The fourth-order valence-corrected chi connectivity index (χ4v) is 3.60. The van der Waals surface area contributed by atoms with Crippen LogP contribution in [0.15, 0.2) is 77.4 Å². The molecule has 0 saturated carbocycles. The number of thioether (sulfide) groups is 1. The third kappa shape index (κ3) is 7.65. The molecule has 2 aromatic rings. The molecule has 33 heavy (non-hydrogen) atoms. The van der Waals surface area contributed by atoms with Crippen LogP contribution in [-0.2, 0) is 25.8 Å². The molecule has 1 aliphatic rings. The molecular formula is C24H21NO7S. The normalized spacial score (nSPS) is 13.1. The number of carboxylic acids is 1. The minimum atomic E-state index is -0.990. The first-order valence-electron chi connectivity index (χ1n) is 9.97. The topological polar surface area (TPSA) is 119 Å². The summed E-state index contributed by atoms with van der Waals surface area (Å²) < 4.78 is 11.1. The molecule has 0 heterocycles. The van der Waals surface area contributed by atoms with E-state index in [1.807, 2.05) is 30.3 Å². The maximum atomic E-state index is 12.2. The van der Waals surface area contributed by atoms with Crippen LogP contribution in [0, 0.1) is 0 Å². The molecule has 0 saturated heterocycles. The third-order valence-electron chi connectivity index (χ3n) is 4.34. The van der Waals surface area contributed by atoms with Gasteiger partial charge in [-0.15, -0.1) is 11.8 Å². The van der Waals surface area contributed by atoms with E-state index >= 15 is 0 Å². The highest BCUT2D eigenvalue weighted by molar-refractivity contribution is 8.04. The second-order valence-corrected chi connectivity index (χ2v) is 8.01. The van der Waals surface area contributed by atoms with Crippen LogP contribution in [-0.4, -0.2) is 40.9 Å². The Morgan fingerprint density at radius 2 is 1.55 bits per heavy atom. The summed E-state index contributed by atoms with van der Waals surface area (Å²) >= 11 is 0.987. The second kappa shape index (κ2) is 11.7. The van der Waals surface area contributed by atoms with Crippen molar-refractivity contribution in [2.24, 2.45) is 0 Å². The van der Waals surface area contributed by atoms with Gasteiger partial charge in [0, 0.05) is 17.9 Å². The van der Waals surface area contributed by atoms with E-state index in [2.05, 4.69) is 5.32 Å². The predicted octanol–water partition coefficient (Wildman–Crippen LogP) is 2.89. The summed E-state index contributed by atoms with van der Waals surface area (Å²) in [4.78, 5) is 47.1. The standard InChI is InChI=1S/C24H21NO7S/c26-20-13-22(33-11-10-24(29)30)21(27)12-19(20)25-23(28)15-32-18-8-6-17(7-9-18)31-14-16-4-2-1-3-5-16/h1-9,12-13H,10-11,14-15H2,(H,25,28)(H,29,30). The van der Waals surface area contributed by atoms with Crippen LogP contribution < -0.4 is 14.8 Å².